The fourth-order valence-electron chi connectivity index (χ4n) is 3.43. The number of nitrogens with zero attached hydrogens (tertiary/aromatic N) is 4. The summed E-state index contributed by atoms with van der Waals surface area (Å²) in [4.78, 5) is 17.7. The Morgan fingerprint density at radius 1 is 1.10 bits per heavy atom. The molecule has 13 heteroatoms. The number of para-hydroxylation sites is 2. The predicted molar refractivity (Wildman–Crippen MR) is 109 cm³/mol. The quantitative estimate of drug-likeness (QED) is 0.560. The predicted octanol–water partition coefficient (Wildman–Crippen LogP) is 3.30. The van der Waals surface area contributed by atoms with Gasteiger partial charge in [0, 0.05) is 26.2 Å². The van der Waals surface area contributed by atoms with Crippen LogP contribution in [0.15, 0.2) is 40.6 Å². The number of benzene rings is 1. The molecule has 1 fully saturated rings. The third-order valence-corrected chi connectivity index (χ3v) is 8.53. The van der Waals surface area contributed by atoms with Crippen LogP contribution in [0.4, 0.5) is 13.2 Å². The van der Waals surface area contributed by atoms with Crippen LogP contribution in [0.25, 0.3) is 11.0 Å². The summed E-state index contributed by atoms with van der Waals surface area (Å²) in [6, 6.07) is 8.98. The first-order chi connectivity index (χ1) is 14.6. The highest BCUT2D eigenvalue weighted by atomic mass is 35.5. The number of aromatic nitrogens is 2. The van der Waals surface area contributed by atoms with Crippen molar-refractivity contribution in [3.63, 3.8) is 0 Å². The van der Waals surface area contributed by atoms with E-state index in [9.17, 15) is 26.4 Å². The molecule has 0 atom stereocenters. The molecule has 0 spiro atoms. The van der Waals surface area contributed by atoms with Crippen molar-refractivity contribution in [2.24, 2.45) is 0 Å². The maximum atomic E-state index is 13.4. The number of alkyl halides is 3. The Labute approximate surface area is 184 Å². The van der Waals surface area contributed by atoms with Gasteiger partial charge in [0.15, 0.2) is 0 Å². The van der Waals surface area contributed by atoms with Crippen molar-refractivity contribution in [3.8, 4) is 0 Å². The van der Waals surface area contributed by atoms with Gasteiger partial charge in [-0.15, -0.1) is 11.3 Å². The van der Waals surface area contributed by atoms with Gasteiger partial charge in [0.1, 0.15) is 10.8 Å². The lowest BCUT2D eigenvalue weighted by Gasteiger charge is -2.34. The summed E-state index contributed by atoms with van der Waals surface area (Å²) in [6.07, 6.45) is -4.71. The minimum Gasteiger partial charge on any atom is -0.339 e. The minimum atomic E-state index is -4.71. The number of fused-ring (bicyclic) bond motifs is 1. The molecule has 0 bridgehead atoms. The Kier molecular flexibility index (Phi) is 5.75. The maximum Gasteiger partial charge on any atom is 0.449 e. The smallest absolute Gasteiger partial charge is 0.339 e. The van der Waals surface area contributed by atoms with Crippen LogP contribution in [-0.4, -0.2) is 59.3 Å². The molecule has 7 nitrogen and oxygen atoms in total. The molecule has 3 aromatic rings. The van der Waals surface area contributed by atoms with E-state index < -0.39 is 34.5 Å². The molecule has 0 unspecified atom stereocenters. The molecule has 0 N–H and O–H groups in total. The van der Waals surface area contributed by atoms with Gasteiger partial charge in [0.05, 0.1) is 15.4 Å². The number of hydrogen-bond acceptors (Lipinski definition) is 5. The average Bonchev–Trinajstić information content (AvgIpc) is 3.32. The molecule has 3 heterocycles. The average molecular weight is 493 g/mol. The monoisotopic (exact) mass is 492 g/mol. The number of piperazine rings is 1. The van der Waals surface area contributed by atoms with E-state index in [2.05, 4.69) is 4.98 Å². The minimum absolute atomic E-state index is 0.0421. The normalized spacial score (nSPS) is 16.2. The molecule has 0 saturated carbocycles. The van der Waals surface area contributed by atoms with Crippen molar-refractivity contribution >= 4 is 49.9 Å². The first kappa shape index (κ1) is 22.1. The molecule has 4 rings (SSSR count). The first-order valence-electron chi connectivity index (χ1n) is 9.13. The van der Waals surface area contributed by atoms with Crippen LogP contribution in [-0.2, 0) is 27.5 Å². The van der Waals surface area contributed by atoms with E-state index in [0.29, 0.717) is 4.34 Å². The molecule has 1 aromatic carbocycles. The molecular weight excluding hydrogens is 477 g/mol. The molecule has 2 aromatic heterocycles. The number of amides is 1. The number of rotatable bonds is 4. The zero-order valence-corrected chi connectivity index (χ0v) is 18.2. The Morgan fingerprint density at radius 3 is 2.39 bits per heavy atom. The van der Waals surface area contributed by atoms with E-state index in [0.717, 1.165) is 15.9 Å². The fourth-order valence-corrected chi connectivity index (χ4v) is 6.49. The van der Waals surface area contributed by atoms with Gasteiger partial charge in [-0.1, -0.05) is 23.7 Å². The van der Waals surface area contributed by atoms with Crippen molar-refractivity contribution < 1.29 is 26.4 Å². The Morgan fingerprint density at radius 2 is 1.77 bits per heavy atom. The molecule has 166 valence electrons. The summed E-state index contributed by atoms with van der Waals surface area (Å²) >= 11 is 6.76. The topological polar surface area (TPSA) is 75.5 Å². The highest BCUT2D eigenvalue weighted by Crippen LogP contribution is 2.32. The van der Waals surface area contributed by atoms with Crippen molar-refractivity contribution in [1.29, 1.82) is 0 Å². The summed E-state index contributed by atoms with van der Waals surface area (Å²) in [5.74, 6) is -1.68. The van der Waals surface area contributed by atoms with E-state index in [1.165, 1.54) is 33.5 Å². The number of halogens is 4. The number of thiophene rings is 1. The molecule has 0 radical (unpaired) electrons. The van der Waals surface area contributed by atoms with Crippen LogP contribution in [0.5, 0.6) is 0 Å². The second-order valence-electron chi connectivity index (χ2n) is 6.85. The SMILES string of the molecule is O=C(Cn1c(C(F)(F)F)nc2ccccc21)N1CCN(S(=O)(=O)c2ccc(Cl)s2)CC1. The van der Waals surface area contributed by atoms with Crippen LogP contribution in [0.3, 0.4) is 0 Å². The van der Waals surface area contributed by atoms with E-state index >= 15 is 0 Å². The van der Waals surface area contributed by atoms with Gasteiger partial charge in [-0.25, -0.2) is 13.4 Å². The second-order valence-corrected chi connectivity index (χ2v) is 10.7. The molecule has 31 heavy (non-hydrogen) atoms. The van der Waals surface area contributed by atoms with Crippen LogP contribution >= 0.6 is 22.9 Å². The Bertz CT molecular complexity index is 1230. The third kappa shape index (κ3) is 4.29. The molecule has 1 aliphatic rings. The van der Waals surface area contributed by atoms with E-state index in [1.54, 1.807) is 12.1 Å². The zero-order chi connectivity index (χ0) is 22.4. The lowest BCUT2D eigenvalue weighted by atomic mass is 10.3. The van der Waals surface area contributed by atoms with Gasteiger partial charge < -0.3 is 9.47 Å². The van der Waals surface area contributed by atoms with Gasteiger partial charge >= 0.3 is 6.18 Å². The van der Waals surface area contributed by atoms with Crippen LogP contribution < -0.4 is 0 Å². The molecule has 1 aliphatic heterocycles. The van der Waals surface area contributed by atoms with E-state index in [-0.39, 0.29) is 41.4 Å². The number of carbonyl (C=O) groups is 1. The van der Waals surface area contributed by atoms with Crippen molar-refractivity contribution in [1.82, 2.24) is 18.8 Å². The molecule has 1 amide bonds. The first-order valence-corrected chi connectivity index (χ1v) is 11.8. The van der Waals surface area contributed by atoms with Gasteiger partial charge in [-0.2, -0.15) is 17.5 Å². The maximum absolute atomic E-state index is 13.4. The Balaban J connectivity index is 1.49. The summed E-state index contributed by atoms with van der Waals surface area (Å²) < 4.78 is 68.2. The van der Waals surface area contributed by atoms with Crippen LogP contribution in [0.1, 0.15) is 5.82 Å². The second kappa shape index (κ2) is 8.08. The summed E-state index contributed by atoms with van der Waals surface area (Å²) in [5.41, 5.74) is 0.354. The molecule has 0 aliphatic carbocycles. The summed E-state index contributed by atoms with van der Waals surface area (Å²) in [6.45, 7) is -0.306. The van der Waals surface area contributed by atoms with Crippen LogP contribution in [0, 0.1) is 0 Å². The zero-order valence-electron chi connectivity index (χ0n) is 15.8. The standard InChI is InChI=1S/C18H16ClF3N4O3S2/c19-14-5-6-16(30-14)31(28,29)25-9-7-24(8-10-25)15(27)11-26-13-4-2-1-3-12(13)23-17(26)18(20,21)22/h1-6H,7-11H2. The number of hydrogen-bond donors (Lipinski definition) is 0. The van der Waals surface area contributed by atoms with Gasteiger partial charge in [-0.3, -0.25) is 4.79 Å². The van der Waals surface area contributed by atoms with E-state index in [4.69, 9.17) is 11.6 Å². The molecular formula is C18H16ClF3N4O3S2. The number of sulfonamides is 1. The Hall–Kier alpha value is -2.15. The van der Waals surface area contributed by atoms with Gasteiger partial charge in [-0.05, 0) is 24.3 Å². The van der Waals surface area contributed by atoms with E-state index in [1.807, 2.05) is 0 Å². The third-order valence-electron chi connectivity index (χ3n) is 4.94. The highest BCUT2D eigenvalue weighted by molar-refractivity contribution is 7.91. The van der Waals surface area contributed by atoms with Gasteiger partial charge in [0.25, 0.3) is 10.0 Å². The highest BCUT2D eigenvalue weighted by Gasteiger charge is 2.38. The number of imidazole rings is 1. The van der Waals surface area contributed by atoms with Crippen molar-refractivity contribution in [2.75, 3.05) is 26.2 Å². The fraction of sp³-hybridized carbons (Fsp3) is 0.333. The van der Waals surface area contributed by atoms with Crippen molar-refractivity contribution in [2.45, 2.75) is 16.9 Å². The lowest BCUT2D eigenvalue weighted by Crippen LogP contribution is -2.51. The largest absolute Gasteiger partial charge is 0.449 e. The van der Waals surface area contributed by atoms with Crippen molar-refractivity contribution in [3.05, 3.63) is 46.6 Å². The summed E-state index contributed by atoms with van der Waals surface area (Å²) in [7, 11) is -3.73. The lowest BCUT2D eigenvalue weighted by molar-refractivity contribution is -0.148. The molecule has 1 saturated heterocycles. The summed E-state index contributed by atoms with van der Waals surface area (Å²) in [5, 5.41) is 0. The number of carbonyl (C=O) groups excluding carboxylic acids is 1. The van der Waals surface area contributed by atoms with Gasteiger partial charge in [0.2, 0.25) is 11.7 Å². The van der Waals surface area contributed by atoms with Crippen LogP contribution in [0.2, 0.25) is 4.34 Å².